The summed E-state index contributed by atoms with van der Waals surface area (Å²) in [5.74, 6) is 0.555. The lowest BCUT2D eigenvalue weighted by molar-refractivity contribution is -0.137. The predicted octanol–water partition coefficient (Wildman–Crippen LogP) is 3.47. The van der Waals surface area contributed by atoms with E-state index in [1.807, 2.05) is 0 Å². The first-order valence-electron chi connectivity index (χ1n) is 9.98. The minimum absolute atomic E-state index is 0.0632. The first-order valence-corrected chi connectivity index (χ1v) is 9.98. The third-order valence-electron chi connectivity index (χ3n) is 5.48. The number of benzene rings is 1. The molecule has 0 bridgehead atoms. The van der Waals surface area contributed by atoms with E-state index in [0.717, 1.165) is 17.7 Å². The average Bonchev–Trinajstić information content (AvgIpc) is 3.05. The number of amides is 3. The molecule has 1 aliphatic rings. The van der Waals surface area contributed by atoms with Crippen LogP contribution in [0.4, 0.5) is 18.0 Å². The van der Waals surface area contributed by atoms with E-state index in [-0.39, 0.29) is 18.4 Å². The van der Waals surface area contributed by atoms with Gasteiger partial charge in [0.25, 0.3) is 0 Å². The molecule has 0 spiro atoms. The molecule has 1 aromatic heterocycles. The number of hydrogen-bond donors (Lipinski definition) is 1. The molecule has 1 saturated heterocycles. The van der Waals surface area contributed by atoms with Crippen molar-refractivity contribution in [1.29, 1.82) is 0 Å². The van der Waals surface area contributed by atoms with E-state index in [2.05, 4.69) is 10.5 Å². The quantitative estimate of drug-likeness (QED) is 0.793. The number of alkyl halides is 3. The average molecular weight is 438 g/mol. The molecule has 2 heterocycles. The Kier molecular flexibility index (Phi) is 6.56. The summed E-state index contributed by atoms with van der Waals surface area (Å²) < 4.78 is 43.8. The second kappa shape index (κ2) is 8.99. The lowest BCUT2D eigenvalue weighted by Crippen LogP contribution is -2.53. The molecule has 168 valence electrons. The SMILES string of the molecule is Cc1noc(C)c1CC(=O)N1CCN(C(=O)NC(C)c2cccc(C(F)(F)F)c2)CC1. The van der Waals surface area contributed by atoms with Gasteiger partial charge in [-0.05, 0) is 38.5 Å². The maximum Gasteiger partial charge on any atom is 0.416 e. The number of carbonyl (C=O) groups is 2. The number of carbonyl (C=O) groups excluding carboxylic acids is 2. The van der Waals surface area contributed by atoms with Gasteiger partial charge in [0.05, 0.1) is 23.7 Å². The van der Waals surface area contributed by atoms with Gasteiger partial charge in [-0.25, -0.2) is 4.79 Å². The number of hydrogen-bond acceptors (Lipinski definition) is 4. The van der Waals surface area contributed by atoms with Gasteiger partial charge in [-0.2, -0.15) is 13.2 Å². The zero-order valence-corrected chi connectivity index (χ0v) is 17.6. The molecule has 1 aliphatic heterocycles. The highest BCUT2D eigenvalue weighted by atomic mass is 19.4. The van der Waals surface area contributed by atoms with Crippen LogP contribution in [0.2, 0.25) is 0 Å². The van der Waals surface area contributed by atoms with Crippen molar-refractivity contribution in [3.8, 4) is 0 Å². The molecule has 0 aliphatic carbocycles. The molecule has 1 atom stereocenters. The monoisotopic (exact) mass is 438 g/mol. The van der Waals surface area contributed by atoms with Crippen molar-refractivity contribution in [2.45, 2.75) is 39.4 Å². The number of aromatic nitrogens is 1. The van der Waals surface area contributed by atoms with Crippen LogP contribution in [0.5, 0.6) is 0 Å². The molecule has 1 fully saturated rings. The van der Waals surface area contributed by atoms with Crippen molar-refractivity contribution in [2.75, 3.05) is 26.2 Å². The van der Waals surface area contributed by atoms with Crippen molar-refractivity contribution in [2.24, 2.45) is 0 Å². The van der Waals surface area contributed by atoms with E-state index in [0.29, 0.717) is 43.2 Å². The molecule has 3 amide bonds. The first kappa shape index (κ1) is 22.6. The highest BCUT2D eigenvalue weighted by Crippen LogP contribution is 2.30. The Morgan fingerprint density at radius 3 is 2.39 bits per heavy atom. The molecule has 2 aromatic rings. The molecule has 1 aromatic carbocycles. The van der Waals surface area contributed by atoms with E-state index in [9.17, 15) is 22.8 Å². The summed E-state index contributed by atoms with van der Waals surface area (Å²) in [6, 6.07) is 3.94. The van der Waals surface area contributed by atoms with E-state index in [1.165, 1.54) is 6.07 Å². The number of piperazine rings is 1. The molecule has 10 heteroatoms. The van der Waals surface area contributed by atoms with Gasteiger partial charge in [0.15, 0.2) is 0 Å². The van der Waals surface area contributed by atoms with E-state index in [1.54, 1.807) is 36.6 Å². The Morgan fingerprint density at radius 2 is 1.81 bits per heavy atom. The van der Waals surface area contributed by atoms with Gasteiger partial charge in [-0.3, -0.25) is 4.79 Å². The van der Waals surface area contributed by atoms with E-state index in [4.69, 9.17) is 4.52 Å². The summed E-state index contributed by atoms with van der Waals surface area (Å²) in [5.41, 5.74) is 1.08. The minimum Gasteiger partial charge on any atom is -0.361 e. The molecule has 0 radical (unpaired) electrons. The maximum absolute atomic E-state index is 12.9. The Balaban J connectivity index is 1.53. The van der Waals surface area contributed by atoms with Crippen LogP contribution in [-0.2, 0) is 17.4 Å². The van der Waals surface area contributed by atoms with Gasteiger partial charge in [-0.15, -0.1) is 0 Å². The number of urea groups is 1. The predicted molar refractivity (Wildman–Crippen MR) is 106 cm³/mol. The smallest absolute Gasteiger partial charge is 0.361 e. The third-order valence-corrected chi connectivity index (χ3v) is 5.48. The Hall–Kier alpha value is -3.04. The zero-order chi connectivity index (χ0) is 22.8. The van der Waals surface area contributed by atoms with Gasteiger partial charge in [-0.1, -0.05) is 17.3 Å². The van der Waals surface area contributed by atoms with Crippen LogP contribution >= 0.6 is 0 Å². The molecule has 31 heavy (non-hydrogen) atoms. The van der Waals surface area contributed by atoms with Crippen molar-refractivity contribution in [3.05, 3.63) is 52.4 Å². The summed E-state index contributed by atoms with van der Waals surface area (Å²) in [6.07, 6.45) is -4.24. The fraction of sp³-hybridized carbons (Fsp3) is 0.476. The summed E-state index contributed by atoms with van der Waals surface area (Å²) in [5, 5.41) is 6.59. The Labute approximate surface area is 178 Å². The van der Waals surface area contributed by atoms with Crippen LogP contribution in [-0.4, -0.2) is 53.1 Å². The zero-order valence-electron chi connectivity index (χ0n) is 17.6. The van der Waals surface area contributed by atoms with Crippen LogP contribution < -0.4 is 5.32 Å². The molecule has 7 nitrogen and oxygen atoms in total. The standard InChI is InChI=1S/C21H25F3N4O3/c1-13(16-5-4-6-17(11-16)21(22,23)24)25-20(30)28-9-7-27(8-10-28)19(29)12-18-14(2)26-31-15(18)3/h4-6,11,13H,7-10,12H2,1-3H3,(H,25,30). The van der Waals surface area contributed by atoms with Crippen LogP contribution in [0.3, 0.4) is 0 Å². The fourth-order valence-electron chi connectivity index (χ4n) is 3.52. The number of aryl methyl sites for hydroxylation is 2. The van der Waals surface area contributed by atoms with Crippen LogP contribution in [0.15, 0.2) is 28.8 Å². The minimum atomic E-state index is -4.44. The number of rotatable bonds is 4. The highest BCUT2D eigenvalue weighted by Gasteiger charge is 2.31. The van der Waals surface area contributed by atoms with E-state index >= 15 is 0 Å². The second-order valence-electron chi connectivity index (χ2n) is 7.64. The largest absolute Gasteiger partial charge is 0.416 e. The summed E-state index contributed by atoms with van der Waals surface area (Å²) >= 11 is 0. The molecular weight excluding hydrogens is 413 g/mol. The molecule has 3 rings (SSSR count). The van der Waals surface area contributed by atoms with Crippen LogP contribution in [0.1, 0.15) is 41.1 Å². The normalized spacial score (nSPS) is 15.7. The second-order valence-corrected chi connectivity index (χ2v) is 7.64. The lowest BCUT2D eigenvalue weighted by atomic mass is 10.1. The van der Waals surface area contributed by atoms with Crippen LogP contribution in [0, 0.1) is 13.8 Å². The summed E-state index contributed by atoms with van der Waals surface area (Å²) in [4.78, 5) is 28.4. The number of nitrogens with one attached hydrogen (secondary N) is 1. The highest BCUT2D eigenvalue weighted by molar-refractivity contribution is 5.80. The summed E-state index contributed by atoms with van der Waals surface area (Å²) in [7, 11) is 0. The van der Waals surface area contributed by atoms with Crippen molar-refractivity contribution < 1.29 is 27.3 Å². The van der Waals surface area contributed by atoms with Crippen molar-refractivity contribution in [3.63, 3.8) is 0 Å². The van der Waals surface area contributed by atoms with Gasteiger partial charge in [0, 0.05) is 31.7 Å². The van der Waals surface area contributed by atoms with Gasteiger partial charge >= 0.3 is 12.2 Å². The number of halogens is 3. The summed E-state index contributed by atoms with van der Waals surface area (Å²) in [6.45, 7) is 6.63. The van der Waals surface area contributed by atoms with Crippen LogP contribution in [0.25, 0.3) is 0 Å². The van der Waals surface area contributed by atoms with Gasteiger partial charge in [0.2, 0.25) is 5.91 Å². The molecule has 1 N–H and O–H groups in total. The Bertz CT molecular complexity index is 930. The van der Waals surface area contributed by atoms with Crippen molar-refractivity contribution >= 4 is 11.9 Å². The van der Waals surface area contributed by atoms with Crippen molar-refractivity contribution in [1.82, 2.24) is 20.3 Å². The molecular formula is C21H25F3N4O3. The van der Waals surface area contributed by atoms with Gasteiger partial charge < -0.3 is 19.6 Å². The Morgan fingerprint density at radius 1 is 1.16 bits per heavy atom. The number of nitrogens with zero attached hydrogens (tertiary/aromatic N) is 3. The maximum atomic E-state index is 12.9. The topological polar surface area (TPSA) is 78.7 Å². The fourth-order valence-corrected chi connectivity index (χ4v) is 3.52. The first-order chi connectivity index (χ1) is 14.6. The lowest BCUT2D eigenvalue weighted by Gasteiger charge is -2.35. The molecule has 0 saturated carbocycles. The van der Waals surface area contributed by atoms with Gasteiger partial charge in [0.1, 0.15) is 5.76 Å². The molecule has 1 unspecified atom stereocenters. The van der Waals surface area contributed by atoms with E-state index < -0.39 is 17.8 Å². The third kappa shape index (κ3) is 5.36.